The molecule has 30 heavy (non-hydrogen) atoms. The predicted octanol–water partition coefficient (Wildman–Crippen LogP) is 5.15. The van der Waals surface area contributed by atoms with Crippen molar-refractivity contribution in [2.45, 2.75) is 6.61 Å². The molecule has 3 aromatic carbocycles. The van der Waals surface area contributed by atoms with Crippen molar-refractivity contribution in [1.82, 2.24) is 0 Å². The van der Waals surface area contributed by atoms with Gasteiger partial charge in [0.05, 0.1) is 21.5 Å². The summed E-state index contributed by atoms with van der Waals surface area (Å²) in [7, 11) is 0. The zero-order valence-electron chi connectivity index (χ0n) is 15.6. The molecule has 0 radical (unpaired) electrons. The maximum absolute atomic E-state index is 10.9. The van der Waals surface area contributed by atoms with Gasteiger partial charge in [-0.25, -0.2) is 0 Å². The Balaban J connectivity index is 1.85. The highest BCUT2D eigenvalue weighted by molar-refractivity contribution is 5.90. The number of nitro benzene ring substituents is 2. The van der Waals surface area contributed by atoms with Crippen LogP contribution in [-0.2, 0) is 6.61 Å². The van der Waals surface area contributed by atoms with E-state index in [1.165, 1.54) is 36.4 Å². The Morgan fingerprint density at radius 3 is 2.30 bits per heavy atom. The molecule has 8 nitrogen and oxygen atoms in total. The average molecular weight is 401 g/mol. The Bertz CT molecular complexity index is 1160. The summed E-state index contributed by atoms with van der Waals surface area (Å²) >= 11 is 0. The standard InChI is InChI=1S/C22H15N3O5/c23-14-19(17-8-10-20(11-9-17)24(26)27)13-18-5-1-2-7-22(18)30-15-16-4-3-6-21(12-16)25(28)29/h1-13H,15H2/b19-13-. The first-order chi connectivity index (χ1) is 14.5. The van der Waals surface area contributed by atoms with Crippen LogP contribution in [0.3, 0.4) is 0 Å². The van der Waals surface area contributed by atoms with Gasteiger partial charge in [0.1, 0.15) is 12.4 Å². The molecule has 0 aliphatic carbocycles. The molecule has 0 N–H and O–H groups in total. The summed E-state index contributed by atoms with van der Waals surface area (Å²) < 4.78 is 5.82. The van der Waals surface area contributed by atoms with Gasteiger partial charge in [-0.05, 0) is 35.4 Å². The van der Waals surface area contributed by atoms with Crippen molar-refractivity contribution in [3.8, 4) is 11.8 Å². The molecule has 3 rings (SSSR count). The highest BCUT2D eigenvalue weighted by atomic mass is 16.6. The molecule has 3 aromatic rings. The van der Waals surface area contributed by atoms with Crippen LogP contribution >= 0.6 is 0 Å². The lowest BCUT2D eigenvalue weighted by Crippen LogP contribution is -1.98. The minimum absolute atomic E-state index is 0.0192. The van der Waals surface area contributed by atoms with Crippen LogP contribution in [0.2, 0.25) is 0 Å². The lowest BCUT2D eigenvalue weighted by Gasteiger charge is -2.10. The van der Waals surface area contributed by atoms with Crippen LogP contribution in [0.5, 0.6) is 5.75 Å². The molecule has 0 amide bonds. The number of hydrogen-bond donors (Lipinski definition) is 0. The van der Waals surface area contributed by atoms with E-state index in [-0.39, 0.29) is 18.0 Å². The molecule has 0 aliphatic heterocycles. The van der Waals surface area contributed by atoms with E-state index in [4.69, 9.17) is 4.74 Å². The number of nitrogens with zero attached hydrogens (tertiary/aromatic N) is 3. The topological polar surface area (TPSA) is 119 Å². The molecule has 0 heterocycles. The van der Waals surface area contributed by atoms with Gasteiger partial charge in [0.2, 0.25) is 0 Å². The second kappa shape index (κ2) is 9.12. The molecule has 0 aliphatic rings. The second-order valence-corrected chi connectivity index (χ2v) is 6.23. The molecule has 0 aromatic heterocycles. The van der Waals surface area contributed by atoms with Crippen molar-refractivity contribution in [3.63, 3.8) is 0 Å². The third-order valence-electron chi connectivity index (χ3n) is 4.24. The SMILES string of the molecule is N#C/C(=C/c1ccccc1OCc1cccc([N+](=O)[O-])c1)c1ccc([N+](=O)[O-])cc1. The largest absolute Gasteiger partial charge is 0.488 e. The van der Waals surface area contributed by atoms with Gasteiger partial charge in [0.15, 0.2) is 0 Å². The smallest absolute Gasteiger partial charge is 0.269 e. The minimum Gasteiger partial charge on any atom is -0.488 e. The lowest BCUT2D eigenvalue weighted by molar-refractivity contribution is -0.385. The molecule has 0 saturated heterocycles. The number of para-hydroxylation sites is 1. The second-order valence-electron chi connectivity index (χ2n) is 6.23. The molecule has 0 saturated carbocycles. The summed E-state index contributed by atoms with van der Waals surface area (Å²) in [5, 5.41) is 31.3. The highest BCUT2D eigenvalue weighted by Crippen LogP contribution is 2.26. The Morgan fingerprint density at radius 1 is 0.933 bits per heavy atom. The molecule has 0 unspecified atom stereocenters. The van der Waals surface area contributed by atoms with Gasteiger partial charge in [0.25, 0.3) is 11.4 Å². The van der Waals surface area contributed by atoms with Crippen LogP contribution in [0.4, 0.5) is 11.4 Å². The fourth-order valence-electron chi connectivity index (χ4n) is 2.75. The monoisotopic (exact) mass is 401 g/mol. The van der Waals surface area contributed by atoms with Crippen molar-refractivity contribution in [2.24, 2.45) is 0 Å². The average Bonchev–Trinajstić information content (AvgIpc) is 2.77. The summed E-state index contributed by atoms with van der Waals surface area (Å²) in [4.78, 5) is 20.8. The number of nitriles is 1. The Hall–Kier alpha value is -4.51. The van der Waals surface area contributed by atoms with Gasteiger partial charge >= 0.3 is 0 Å². The molecular weight excluding hydrogens is 386 g/mol. The number of allylic oxidation sites excluding steroid dienone is 1. The molecule has 8 heteroatoms. The fourth-order valence-corrected chi connectivity index (χ4v) is 2.75. The summed E-state index contributed by atoms with van der Waals surface area (Å²) in [5.41, 5.74) is 2.05. The molecule has 0 atom stereocenters. The maximum atomic E-state index is 10.9. The zero-order valence-corrected chi connectivity index (χ0v) is 15.6. The third kappa shape index (κ3) is 4.85. The highest BCUT2D eigenvalue weighted by Gasteiger charge is 2.10. The number of rotatable bonds is 7. The summed E-state index contributed by atoms with van der Waals surface area (Å²) in [6.45, 7) is 0.117. The Morgan fingerprint density at radius 2 is 1.63 bits per heavy atom. The first kappa shape index (κ1) is 20.2. The zero-order chi connectivity index (χ0) is 21.5. The van der Waals surface area contributed by atoms with Gasteiger partial charge in [-0.1, -0.05) is 30.3 Å². The van der Waals surface area contributed by atoms with Crippen molar-refractivity contribution >= 4 is 23.0 Å². The van der Waals surface area contributed by atoms with Gasteiger partial charge < -0.3 is 4.74 Å². The van der Waals surface area contributed by atoms with E-state index in [1.807, 2.05) is 0 Å². The van der Waals surface area contributed by atoms with Crippen molar-refractivity contribution in [3.05, 3.63) is 110 Å². The van der Waals surface area contributed by atoms with E-state index >= 15 is 0 Å². The molecule has 148 valence electrons. The van der Waals surface area contributed by atoms with Crippen molar-refractivity contribution < 1.29 is 14.6 Å². The van der Waals surface area contributed by atoms with Crippen molar-refractivity contribution in [1.29, 1.82) is 5.26 Å². The number of benzene rings is 3. The van der Waals surface area contributed by atoms with E-state index in [2.05, 4.69) is 6.07 Å². The molecule has 0 spiro atoms. The maximum Gasteiger partial charge on any atom is 0.269 e. The van der Waals surface area contributed by atoms with E-state index in [0.29, 0.717) is 28.0 Å². The van der Waals surface area contributed by atoms with Crippen molar-refractivity contribution in [2.75, 3.05) is 0 Å². The first-order valence-corrected chi connectivity index (χ1v) is 8.79. The fraction of sp³-hybridized carbons (Fsp3) is 0.0455. The summed E-state index contributed by atoms with van der Waals surface area (Å²) in [5.74, 6) is 0.499. The number of hydrogen-bond acceptors (Lipinski definition) is 6. The van der Waals surface area contributed by atoms with E-state index in [1.54, 1.807) is 42.5 Å². The molecular formula is C22H15N3O5. The van der Waals surface area contributed by atoms with Crippen LogP contribution in [-0.4, -0.2) is 9.85 Å². The number of nitro groups is 2. The lowest BCUT2D eigenvalue weighted by atomic mass is 10.0. The van der Waals surface area contributed by atoms with E-state index in [9.17, 15) is 25.5 Å². The number of non-ortho nitro benzene ring substituents is 2. The van der Waals surface area contributed by atoms with Gasteiger partial charge in [-0.2, -0.15) is 5.26 Å². The quantitative estimate of drug-likeness (QED) is 0.234. The minimum atomic E-state index is -0.503. The normalized spacial score (nSPS) is 10.8. The third-order valence-corrected chi connectivity index (χ3v) is 4.24. The molecule has 0 fully saturated rings. The summed E-state index contributed by atoms with van der Waals surface area (Å²) in [6.07, 6.45) is 1.63. The van der Waals surface area contributed by atoms with Crippen LogP contribution in [0.15, 0.2) is 72.8 Å². The predicted molar refractivity (Wildman–Crippen MR) is 110 cm³/mol. The number of ether oxygens (including phenoxy) is 1. The van der Waals surface area contributed by atoms with Gasteiger partial charge in [0, 0.05) is 29.8 Å². The van der Waals surface area contributed by atoms with E-state index < -0.39 is 9.85 Å². The Labute approximate surface area is 171 Å². The summed E-state index contributed by atoms with van der Waals surface area (Å²) in [6, 6.07) is 21.0. The van der Waals surface area contributed by atoms with Crippen LogP contribution < -0.4 is 4.74 Å². The van der Waals surface area contributed by atoms with Crippen LogP contribution in [0.25, 0.3) is 11.6 Å². The first-order valence-electron chi connectivity index (χ1n) is 8.79. The van der Waals surface area contributed by atoms with E-state index in [0.717, 1.165) is 0 Å². The van der Waals surface area contributed by atoms with Crippen LogP contribution in [0.1, 0.15) is 16.7 Å². The van der Waals surface area contributed by atoms with Gasteiger partial charge in [-0.15, -0.1) is 0 Å². The Kier molecular flexibility index (Phi) is 6.15. The van der Waals surface area contributed by atoms with Gasteiger partial charge in [-0.3, -0.25) is 20.2 Å². The molecule has 0 bridgehead atoms. The van der Waals surface area contributed by atoms with Crippen LogP contribution in [0, 0.1) is 31.6 Å².